The number of hydrogen-bond acceptors (Lipinski definition) is 9. The quantitative estimate of drug-likeness (QED) is 0.112. The third-order valence-corrected chi connectivity index (χ3v) is 7.11. The number of Topliss-reactive ketones (excluding diaryl/α,β-unsaturated/α-hetero) is 1. The lowest BCUT2D eigenvalue weighted by molar-refractivity contribution is -0.388. The van der Waals surface area contributed by atoms with Gasteiger partial charge < -0.3 is 24.3 Å². The Kier molecular flexibility index (Phi) is 7.81. The van der Waals surface area contributed by atoms with E-state index in [4.69, 9.17) is 4.42 Å². The van der Waals surface area contributed by atoms with Gasteiger partial charge in [-0.05, 0) is 40.1 Å². The number of nitro groups is 1. The van der Waals surface area contributed by atoms with Crippen LogP contribution in [0.2, 0.25) is 0 Å². The lowest BCUT2D eigenvalue weighted by Gasteiger charge is -2.36. The molecule has 0 aliphatic carbocycles. The summed E-state index contributed by atoms with van der Waals surface area (Å²) in [7, 11) is 0. The number of hydrogen-bond donors (Lipinski definition) is 1. The molecule has 12 nitrogen and oxygen atoms in total. The van der Waals surface area contributed by atoms with E-state index < -0.39 is 10.5 Å². The van der Waals surface area contributed by atoms with E-state index in [-0.39, 0.29) is 17.4 Å². The topological polar surface area (TPSA) is 139 Å². The molecule has 1 aliphatic rings. The Bertz CT molecular complexity index is 1690. The predicted octanol–water partition coefficient (Wildman–Crippen LogP) is 3.95. The normalized spacial score (nSPS) is 14.0. The van der Waals surface area contributed by atoms with Crippen molar-refractivity contribution in [1.29, 1.82) is 0 Å². The number of imidazole rings is 1. The maximum absolute atomic E-state index is 12.6. The lowest BCUT2D eigenvalue weighted by Crippen LogP contribution is -2.51. The molecule has 2 aromatic heterocycles. The van der Waals surface area contributed by atoms with Crippen LogP contribution in [0.25, 0.3) is 11.0 Å². The van der Waals surface area contributed by atoms with Crippen molar-refractivity contribution in [1.82, 2.24) is 14.5 Å². The number of piperazine rings is 1. The van der Waals surface area contributed by atoms with Gasteiger partial charge in [0.15, 0.2) is 11.6 Å². The molecule has 212 valence electrons. The molecule has 5 rings (SSSR count). The highest BCUT2D eigenvalue weighted by atomic mass is 16.6. The number of carbonyl (C=O) groups is 1. The molecule has 0 amide bonds. The maximum Gasteiger partial charge on any atom is 0.406 e. The highest BCUT2D eigenvalue weighted by Crippen LogP contribution is 2.31. The number of rotatable bonds is 8. The Morgan fingerprint density at radius 3 is 2.51 bits per heavy atom. The molecule has 1 fully saturated rings. The van der Waals surface area contributed by atoms with Gasteiger partial charge in [-0.1, -0.05) is 37.3 Å². The Labute approximate surface area is 236 Å². The number of anilines is 2. The number of aromatic nitrogens is 2. The van der Waals surface area contributed by atoms with Crippen molar-refractivity contribution in [2.45, 2.75) is 33.7 Å². The van der Waals surface area contributed by atoms with Gasteiger partial charge >= 0.3 is 11.4 Å². The minimum absolute atomic E-state index is 0.161. The van der Waals surface area contributed by atoms with Crippen LogP contribution < -0.4 is 16.0 Å². The Balaban J connectivity index is 1.36. The monoisotopic (exact) mass is 557 g/mol. The van der Waals surface area contributed by atoms with Gasteiger partial charge in [-0.15, -0.1) is 0 Å². The largest absolute Gasteiger partial charge is 0.423 e. The minimum atomic E-state index is -0.436. The first-order valence-electron chi connectivity index (χ1n) is 13.4. The van der Waals surface area contributed by atoms with E-state index in [2.05, 4.69) is 15.5 Å². The second-order valence-electron chi connectivity index (χ2n) is 9.89. The number of aryl methyl sites for hydroxylation is 2. The van der Waals surface area contributed by atoms with Gasteiger partial charge in [-0.25, -0.2) is 4.79 Å². The molecule has 0 saturated carbocycles. The van der Waals surface area contributed by atoms with E-state index in [1.807, 2.05) is 64.6 Å². The SMILES string of the molecule is CCc1nc([N+](=O)[O-])c(N2CCN(/C(=N/Nc3ccc4c(C)cc(=O)oc4c3)C(C)=O)CC2)n1Cc1ccccc1. The molecule has 1 N–H and O–H groups in total. The summed E-state index contributed by atoms with van der Waals surface area (Å²) in [5.74, 6) is 0.989. The highest BCUT2D eigenvalue weighted by Gasteiger charge is 2.33. The number of amidine groups is 1. The zero-order chi connectivity index (χ0) is 29.1. The summed E-state index contributed by atoms with van der Waals surface area (Å²) in [6, 6.07) is 16.5. The van der Waals surface area contributed by atoms with Gasteiger partial charge in [0.1, 0.15) is 5.58 Å². The molecule has 0 atom stereocenters. The van der Waals surface area contributed by atoms with Crippen LogP contribution in [0.15, 0.2) is 68.9 Å². The van der Waals surface area contributed by atoms with Crippen LogP contribution in [0.1, 0.15) is 30.8 Å². The number of benzene rings is 2. The molecule has 12 heteroatoms. The number of carbonyl (C=O) groups excluding carboxylic acids is 1. The number of ketones is 1. The van der Waals surface area contributed by atoms with Crippen LogP contribution in [-0.4, -0.2) is 57.2 Å². The standard InChI is InChI=1S/C29H31N7O5/c1-4-25-30-28(36(39)40)29(35(25)18-21-8-6-5-7-9-21)34-14-12-33(13-15-34)27(20(3)37)32-31-22-10-11-23-19(2)16-26(38)41-24(23)17-22/h5-11,16-17,31H,4,12-15,18H2,1-3H3/b32-27+. The van der Waals surface area contributed by atoms with Crippen molar-refractivity contribution in [2.24, 2.45) is 5.10 Å². The molecule has 0 unspecified atom stereocenters. The first-order valence-corrected chi connectivity index (χ1v) is 13.4. The molecule has 1 aliphatic heterocycles. The Morgan fingerprint density at radius 1 is 1.12 bits per heavy atom. The van der Waals surface area contributed by atoms with E-state index in [0.717, 1.165) is 16.5 Å². The zero-order valence-corrected chi connectivity index (χ0v) is 23.2. The molecule has 1 saturated heterocycles. The van der Waals surface area contributed by atoms with E-state index in [9.17, 15) is 19.7 Å². The number of nitrogens with one attached hydrogen (secondary N) is 1. The number of hydrazone groups is 1. The van der Waals surface area contributed by atoms with Crippen LogP contribution in [0.5, 0.6) is 0 Å². The summed E-state index contributed by atoms with van der Waals surface area (Å²) < 4.78 is 7.23. The van der Waals surface area contributed by atoms with E-state index in [1.165, 1.54) is 13.0 Å². The third kappa shape index (κ3) is 5.81. The maximum atomic E-state index is 12.6. The molecule has 0 spiro atoms. The average molecular weight is 558 g/mol. The second-order valence-corrected chi connectivity index (χ2v) is 9.89. The summed E-state index contributed by atoms with van der Waals surface area (Å²) in [4.78, 5) is 44.1. The Morgan fingerprint density at radius 2 is 1.85 bits per heavy atom. The molecule has 4 aromatic rings. The summed E-state index contributed by atoms with van der Waals surface area (Å²) >= 11 is 0. The molecule has 41 heavy (non-hydrogen) atoms. The third-order valence-electron chi connectivity index (χ3n) is 7.11. The molecule has 0 radical (unpaired) electrons. The van der Waals surface area contributed by atoms with Crippen molar-refractivity contribution in [2.75, 3.05) is 36.5 Å². The average Bonchev–Trinajstić information content (AvgIpc) is 3.32. The zero-order valence-electron chi connectivity index (χ0n) is 23.2. The fourth-order valence-corrected chi connectivity index (χ4v) is 5.13. The molecular weight excluding hydrogens is 526 g/mol. The van der Waals surface area contributed by atoms with Gasteiger partial charge in [-0.2, -0.15) is 5.10 Å². The van der Waals surface area contributed by atoms with E-state index >= 15 is 0 Å². The number of fused-ring (bicyclic) bond motifs is 1. The van der Waals surface area contributed by atoms with Gasteiger partial charge in [0.25, 0.3) is 0 Å². The molecular formula is C29H31N7O5. The van der Waals surface area contributed by atoms with Gasteiger partial charge in [-0.3, -0.25) is 14.8 Å². The van der Waals surface area contributed by atoms with E-state index in [0.29, 0.717) is 62.1 Å². The molecule has 2 aromatic carbocycles. The summed E-state index contributed by atoms with van der Waals surface area (Å²) in [6.45, 7) is 7.43. The first-order chi connectivity index (χ1) is 19.7. The first kappa shape index (κ1) is 27.6. The van der Waals surface area contributed by atoms with Gasteiger partial charge in [0.2, 0.25) is 11.6 Å². The van der Waals surface area contributed by atoms with Crippen LogP contribution in [-0.2, 0) is 17.8 Å². The van der Waals surface area contributed by atoms with Crippen LogP contribution in [0, 0.1) is 17.0 Å². The summed E-state index contributed by atoms with van der Waals surface area (Å²) in [5.41, 5.74) is 5.30. The van der Waals surface area contributed by atoms with Crippen LogP contribution in [0.3, 0.4) is 0 Å². The highest BCUT2D eigenvalue weighted by molar-refractivity contribution is 6.38. The van der Waals surface area contributed by atoms with Crippen LogP contribution >= 0.6 is 0 Å². The smallest absolute Gasteiger partial charge is 0.406 e. The van der Waals surface area contributed by atoms with Crippen molar-refractivity contribution < 1.29 is 14.1 Å². The number of nitrogens with zero attached hydrogens (tertiary/aromatic N) is 6. The predicted molar refractivity (Wildman–Crippen MR) is 157 cm³/mol. The van der Waals surface area contributed by atoms with Gasteiger partial charge in [0, 0.05) is 57.0 Å². The lowest BCUT2D eigenvalue weighted by atomic mass is 10.1. The van der Waals surface area contributed by atoms with Crippen LogP contribution in [0.4, 0.5) is 17.3 Å². The van der Waals surface area contributed by atoms with Crippen molar-refractivity contribution in [3.63, 3.8) is 0 Å². The van der Waals surface area contributed by atoms with Gasteiger partial charge in [0.05, 0.1) is 12.2 Å². The van der Waals surface area contributed by atoms with Crippen molar-refractivity contribution >= 4 is 39.9 Å². The second kappa shape index (κ2) is 11.6. The summed E-state index contributed by atoms with van der Waals surface area (Å²) in [6.07, 6.45) is 0.554. The van der Waals surface area contributed by atoms with E-state index in [1.54, 1.807) is 12.1 Å². The fraction of sp³-hybridized carbons (Fsp3) is 0.310. The molecule has 3 heterocycles. The fourth-order valence-electron chi connectivity index (χ4n) is 5.13. The van der Waals surface area contributed by atoms with Crippen molar-refractivity contribution in [3.05, 3.63) is 92.1 Å². The Hall–Kier alpha value is -5.00. The van der Waals surface area contributed by atoms with Crippen molar-refractivity contribution in [3.8, 4) is 0 Å². The summed E-state index contributed by atoms with van der Waals surface area (Å²) in [5, 5.41) is 17.2. The molecule has 0 bridgehead atoms. The minimum Gasteiger partial charge on any atom is -0.423 e.